The van der Waals surface area contributed by atoms with Crippen molar-refractivity contribution in [1.29, 1.82) is 0 Å². The number of nitrogens with one attached hydrogen (secondary N) is 1. The first kappa shape index (κ1) is 10.8. The van der Waals surface area contributed by atoms with Gasteiger partial charge in [-0.15, -0.1) is 6.61 Å². The lowest BCUT2D eigenvalue weighted by Crippen LogP contribution is -3.02. The maximum atomic E-state index is 9.30. The van der Waals surface area contributed by atoms with Crippen molar-refractivity contribution in [2.45, 2.75) is 13.3 Å². The smallest absolute Gasteiger partial charge is 0.0661 e. The third-order valence-corrected chi connectivity index (χ3v) is 0.204. The first-order valence-corrected chi connectivity index (χ1v) is 3.00. The maximum absolute atomic E-state index is 9.30. The largest absolute Gasteiger partial charge is 0.854 e. The molecule has 52 valence electrons. The number of quaternary nitrogens is 1. The van der Waals surface area contributed by atoms with Crippen molar-refractivity contribution in [3.63, 3.8) is 0 Å². The molecule has 8 heavy (non-hydrogen) atoms. The Bertz CT molecular complexity index is 25.0. The van der Waals surface area contributed by atoms with E-state index in [0.717, 1.165) is 6.42 Å². The van der Waals surface area contributed by atoms with Crippen molar-refractivity contribution in [2.75, 3.05) is 27.7 Å². The van der Waals surface area contributed by atoms with Gasteiger partial charge in [-0.1, -0.05) is 13.3 Å². The van der Waals surface area contributed by atoms with Crippen LogP contribution >= 0.6 is 0 Å². The van der Waals surface area contributed by atoms with E-state index in [1.165, 1.54) is 4.90 Å². The van der Waals surface area contributed by atoms with Crippen LogP contribution in [0.3, 0.4) is 0 Å². The molecule has 0 spiro atoms. The molecule has 1 N–H and O–H groups in total. The number of hydrogen-bond acceptors (Lipinski definition) is 1. The first-order chi connectivity index (χ1) is 3.65. The van der Waals surface area contributed by atoms with Gasteiger partial charge in [0.2, 0.25) is 0 Å². The molecular formula is C6H17NO. The Balaban J connectivity index is 0. The molecule has 0 aliphatic rings. The second-order valence-corrected chi connectivity index (χ2v) is 2.20. The Hall–Kier alpha value is -0.0800. The molecule has 0 unspecified atom stereocenters. The first-order valence-electron chi connectivity index (χ1n) is 3.00. The molecule has 0 aromatic heterocycles. The molecule has 0 aliphatic carbocycles. The van der Waals surface area contributed by atoms with Gasteiger partial charge in [-0.2, -0.15) is 0 Å². The lowest BCUT2D eigenvalue weighted by molar-refractivity contribution is -0.836. The summed E-state index contributed by atoms with van der Waals surface area (Å²) in [5.74, 6) is 0. The molecule has 2 heteroatoms. The van der Waals surface area contributed by atoms with Gasteiger partial charge in [0.15, 0.2) is 0 Å². The molecule has 0 aromatic carbocycles. The lowest BCUT2D eigenvalue weighted by atomic mass is 10.5. The van der Waals surface area contributed by atoms with E-state index in [0.29, 0.717) is 0 Å². The number of rotatable bonds is 1. The van der Waals surface area contributed by atoms with E-state index in [-0.39, 0.29) is 6.61 Å². The maximum Gasteiger partial charge on any atom is 0.0661 e. The van der Waals surface area contributed by atoms with Gasteiger partial charge >= 0.3 is 0 Å². The van der Waals surface area contributed by atoms with E-state index < -0.39 is 0 Å². The SMILES string of the molecule is CCC[O-].C[NH+](C)C. The standard InChI is InChI=1S/C3H9N.C3H7O/c1-4(2)3;1-2-3-4/h1-3H3;2-3H2,1H3/q;-1/p+1. The lowest BCUT2D eigenvalue weighted by Gasteiger charge is -1.89. The highest BCUT2D eigenvalue weighted by Crippen LogP contribution is 1.56. The highest BCUT2D eigenvalue weighted by Gasteiger charge is 1.61. The Morgan fingerprint density at radius 3 is 1.38 bits per heavy atom. The molecular weight excluding hydrogens is 102 g/mol. The Morgan fingerprint density at radius 1 is 1.25 bits per heavy atom. The van der Waals surface area contributed by atoms with E-state index in [9.17, 15) is 5.11 Å². The van der Waals surface area contributed by atoms with Crippen LogP contribution in [0.2, 0.25) is 0 Å². The molecule has 0 aliphatic heterocycles. The molecule has 0 saturated heterocycles. The Morgan fingerprint density at radius 2 is 1.38 bits per heavy atom. The fourth-order valence-corrected chi connectivity index (χ4v) is 0. The summed E-state index contributed by atoms with van der Waals surface area (Å²) in [7, 11) is 6.25. The van der Waals surface area contributed by atoms with Gasteiger partial charge in [0.25, 0.3) is 0 Å². The molecule has 0 radical (unpaired) electrons. The highest BCUT2D eigenvalue weighted by atomic mass is 16.2. The van der Waals surface area contributed by atoms with Gasteiger partial charge in [-0.05, 0) is 0 Å². The van der Waals surface area contributed by atoms with Gasteiger partial charge in [-0.3, -0.25) is 0 Å². The minimum absolute atomic E-state index is 0.0694. The zero-order valence-electron chi connectivity index (χ0n) is 6.32. The van der Waals surface area contributed by atoms with Crippen LogP contribution in [0, 0.1) is 0 Å². The van der Waals surface area contributed by atoms with Crippen molar-refractivity contribution in [3.8, 4) is 0 Å². The van der Waals surface area contributed by atoms with E-state index in [1.807, 2.05) is 6.92 Å². The molecule has 0 aromatic rings. The van der Waals surface area contributed by atoms with Gasteiger partial charge in [0.05, 0.1) is 21.1 Å². The fourth-order valence-electron chi connectivity index (χ4n) is 0. The van der Waals surface area contributed by atoms with Crippen LogP contribution in [0.1, 0.15) is 13.3 Å². The molecule has 0 rings (SSSR count). The number of hydrogen-bond donors (Lipinski definition) is 1. The van der Waals surface area contributed by atoms with Crippen molar-refractivity contribution < 1.29 is 10.0 Å². The van der Waals surface area contributed by atoms with Crippen LogP contribution in [0.5, 0.6) is 0 Å². The molecule has 0 bridgehead atoms. The van der Waals surface area contributed by atoms with E-state index >= 15 is 0 Å². The summed E-state index contributed by atoms with van der Waals surface area (Å²) in [6, 6.07) is 0. The summed E-state index contributed by atoms with van der Waals surface area (Å²) >= 11 is 0. The molecule has 0 amide bonds. The average molecular weight is 119 g/mol. The van der Waals surface area contributed by atoms with Crippen LogP contribution in [0.4, 0.5) is 0 Å². The summed E-state index contributed by atoms with van der Waals surface area (Å²) in [5.41, 5.74) is 0. The minimum Gasteiger partial charge on any atom is -0.854 e. The molecule has 0 fully saturated rings. The summed E-state index contributed by atoms with van der Waals surface area (Å²) in [6.07, 6.45) is 0.764. The monoisotopic (exact) mass is 119 g/mol. The summed E-state index contributed by atoms with van der Waals surface area (Å²) in [4.78, 5) is 1.42. The van der Waals surface area contributed by atoms with Gasteiger partial charge in [0, 0.05) is 0 Å². The van der Waals surface area contributed by atoms with Crippen LogP contribution in [0.15, 0.2) is 0 Å². The van der Waals surface area contributed by atoms with Gasteiger partial charge < -0.3 is 10.0 Å². The predicted molar refractivity (Wildman–Crippen MR) is 33.9 cm³/mol. The molecule has 0 heterocycles. The topological polar surface area (TPSA) is 27.5 Å². The van der Waals surface area contributed by atoms with Gasteiger partial charge in [-0.25, -0.2) is 0 Å². The van der Waals surface area contributed by atoms with Crippen molar-refractivity contribution in [1.82, 2.24) is 0 Å². The van der Waals surface area contributed by atoms with E-state index in [2.05, 4.69) is 21.1 Å². The van der Waals surface area contributed by atoms with Crippen molar-refractivity contribution in [3.05, 3.63) is 0 Å². The van der Waals surface area contributed by atoms with Crippen LogP contribution < -0.4 is 10.0 Å². The normalized spacial score (nSPS) is 8.25. The summed E-state index contributed by atoms with van der Waals surface area (Å²) < 4.78 is 0. The third-order valence-electron chi connectivity index (χ3n) is 0.204. The van der Waals surface area contributed by atoms with Crippen LogP contribution in [-0.2, 0) is 0 Å². The second-order valence-electron chi connectivity index (χ2n) is 2.20. The highest BCUT2D eigenvalue weighted by molar-refractivity contribution is 4.07. The summed E-state index contributed by atoms with van der Waals surface area (Å²) in [5, 5.41) is 9.30. The van der Waals surface area contributed by atoms with Crippen LogP contribution in [-0.4, -0.2) is 27.7 Å². The zero-order chi connectivity index (χ0) is 6.99. The Kier molecular flexibility index (Phi) is 13.6. The van der Waals surface area contributed by atoms with E-state index in [1.54, 1.807) is 0 Å². The Labute approximate surface area is 52.1 Å². The molecule has 0 atom stereocenters. The van der Waals surface area contributed by atoms with Crippen molar-refractivity contribution >= 4 is 0 Å². The second kappa shape index (κ2) is 10.0. The fraction of sp³-hybridized carbons (Fsp3) is 1.00. The summed E-state index contributed by atoms with van der Waals surface area (Å²) in [6.45, 7) is 1.94. The predicted octanol–water partition coefficient (Wildman–Crippen LogP) is -1.48. The molecule has 0 saturated carbocycles. The average Bonchev–Trinajstić information content (AvgIpc) is 1.65. The quantitative estimate of drug-likeness (QED) is 0.448. The van der Waals surface area contributed by atoms with Gasteiger partial charge in [0.1, 0.15) is 0 Å². The van der Waals surface area contributed by atoms with Crippen LogP contribution in [0.25, 0.3) is 0 Å². The minimum atomic E-state index is 0.0694. The zero-order valence-corrected chi connectivity index (χ0v) is 6.32. The van der Waals surface area contributed by atoms with E-state index in [4.69, 9.17) is 0 Å². The third kappa shape index (κ3) is 169. The van der Waals surface area contributed by atoms with Crippen molar-refractivity contribution in [2.24, 2.45) is 0 Å². The molecule has 2 nitrogen and oxygen atoms in total.